The molecule has 4 aromatic carbocycles. The lowest BCUT2D eigenvalue weighted by molar-refractivity contribution is -0.105. The molecule has 4 aromatic rings. The minimum atomic E-state index is -0.0909. The monoisotopic (exact) mass is 454 g/mol. The van der Waals surface area contributed by atoms with Gasteiger partial charge in [0.1, 0.15) is 6.29 Å². The Balaban J connectivity index is 1.62. The molecular formula is C27H19BrO2. The van der Waals surface area contributed by atoms with E-state index in [1.165, 1.54) is 0 Å². The Kier molecular flexibility index (Phi) is 5.73. The largest absolute Gasteiger partial charge is 0.298 e. The molecule has 0 aliphatic carbocycles. The van der Waals surface area contributed by atoms with Gasteiger partial charge in [-0.05, 0) is 57.0 Å². The fourth-order valence-electron chi connectivity index (χ4n) is 3.56. The Bertz CT molecular complexity index is 1310. The molecule has 0 spiro atoms. The molecule has 0 saturated heterocycles. The van der Waals surface area contributed by atoms with E-state index in [1.807, 2.05) is 54.6 Å². The molecular weight excluding hydrogens is 436 g/mol. The number of Topliss-reactive ketones (excluding diaryl/α,β-unsaturated/α-hetero) is 1. The average molecular weight is 455 g/mol. The molecule has 0 saturated carbocycles. The maximum atomic E-state index is 12.9. The molecule has 0 aliphatic rings. The van der Waals surface area contributed by atoms with Crippen molar-refractivity contribution in [3.63, 3.8) is 0 Å². The highest BCUT2D eigenvalue weighted by atomic mass is 79.9. The first-order chi connectivity index (χ1) is 14.5. The summed E-state index contributed by atoms with van der Waals surface area (Å²) in [5, 5.41) is 4.36. The SMILES string of the molecule is C=C(/C=C(/C=O)CC(=O)c1ccc2ccc3ccccc3c2c1)c1ccc(Br)cc1. The highest BCUT2D eigenvalue weighted by molar-refractivity contribution is 9.10. The van der Waals surface area contributed by atoms with Crippen molar-refractivity contribution in [1.29, 1.82) is 0 Å². The first-order valence-corrected chi connectivity index (χ1v) is 10.4. The van der Waals surface area contributed by atoms with Gasteiger partial charge < -0.3 is 0 Å². The number of hydrogen-bond acceptors (Lipinski definition) is 2. The van der Waals surface area contributed by atoms with Gasteiger partial charge in [0.05, 0.1) is 0 Å². The molecule has 4 rings (SSSR count). The highest BCUT2D eigenvalue weighted by Crippen LogP contribution is 2.27. The maximum absolute atomic E-state index is 12.9. The van der Waals surface area contributed by atoms with Crippen LogP contribution in [0.4, 0.5) is 0 Å². The van der Waals surface area contributed by atoms with Crippen LogP contribution in [0.2, 0.25) is 0 Å². The van der Waals surface area contributed by atoms with Crippen LogP contribution in [-0.2, 0) is 4.79 Å². The van der Waals surface area contributed by atoms with E-state index in [1.54, 1.807) is 6.08 Å². The summed E-state index contributed by atoms with van der Waals surface area (Å²) in [6.45, 7) is 4.04. The van der Waals surface area contributed by atoms with Gasteiger partial charge in [0, 0.05) is 22.0 Å². The lowest BCUT2D eigenvalue weighted by atomic mass is 9.96. The fraction of sp³-hybridized carbons (Fsp3) is 0.0370. The van der Waals surface area contributed by atoms with Crippen LogP contribution >= 0.6 is 15.9 Å². The summed E-state index contributed by atoms with van der Waals surface area (Å²) >= 11 is 3.40. The number of ketones is 1. The molecule has 0 N–H and O–H groups in total. The summed E-state index contributed by atoms with van der Waals surface area (Å²) in [6.07, 6.45) is 2.46. The molecule has 0 aliphatic heterocycles. The second-order valence-corrected chi connectivity index (χ2v) is 8.11. The number of hydrogen-bond donors (Lipinski definition) is 0. The number of carbonyl (C=O) groups excluding carboxylic acids is 2. The zero-order valence-electron chi connectivity index (χ0n) is 16.3. The van der Waals surface area contributed by atoms with Crippen molar-refractivity contribution in [3.8, 4) is 0 Å². The van der Waals surface area contributed by atoms with Crippen LogP contribution in [0.3, 0.4) is 0 Å². The number of rotatable bonds is 6. The van der Waals surface area contributed by atoms with Crippen LogP contribution in [0, 0.1) is 0 Å². The van der Waals surface area contributed by atoms with Gasteiger partial charge in [-0.15, -0.1) is 0 Å². The summed E-state index contributed by atoms with van der Waals surface area (Å²) in [5.74, 6) is -0.0909. The normalized spacial score (nSPS) is 11.6. The minimum Gasteiger partial charge on any atom is -0.298 e. The van der Waals surface area contributed by atoms with E-state index in [0.717, 1.165) is 37.9 Å². The Morgan fingerprint density at radius 3 is 2.20 bits per heavy atom. The second-order valence-electron chi connectivity index (χ2n) is 7.19. The molecule has 0 atom stereocenters. The van der Waals surface area contributed by atoms with Gasteiger partial charge in [-0.1, -0.05) is 83.2 Å². The Morgan fingerprint density at radius 2 is 1.47 bits per heavy atom. The summed E-state index contributed by atoms with van der Waals surface area (Å²) in [4.78, 5) is 24.5. The standard InChI is InChI=1S/C27H19BrO2/c1-18(20-10-12-24(28)13-11-20)14-19(17-29)15-27(30)23-9-8-22-7-6-21-4-2-3-5-25(21)26(22)16-23/h2-14,16-17H,1,15H2/b19-14+. The molecule has 0 bridgehead atoms. The number of fused-ring (bicyclic) bond motifs is 3. The van der Waals surface area contributed by atoms with Crippen molar-refractivity contribution in [2.45, 2.75) is 6.42 Å². The molecule has 30 heavy (non-hydrogen) atoms. The molecule has 0 heterocycles. The van der Waals surface area contributed by atoms with Crippen LogP contribution in [0.15, 0.2) is 102 Å². The summed E-state index contributed by atoms with van der Waals surface area (Å²) in [5.41, 5.74) is 2.61. The third-order valence-corrected chi connectivity index (χ3v) is 5.69. The smallest absolute Gasteiger partial charge is 0.167 e. The lowest BCUT2D eigenvalue weighted by Crippen LogP contribution is -2.02. The topological polar surface area (TPSA) is 34.1 Å². The molecule has 2 nitrogen and oxygen atoms in total. The number of benzene rings is 4. The minimum absolute atomic E-state index is 0.0370. The molecule has 3 heteroatoms. The third-order valence-electron chi connectivity index (χ3n) is 5.16. The Labute approximate surface area is 183 Å². The quantitative estimate of drug-likeness (QED) is 0.102. The second kappa shape index (κ2) is 8.60. The maximum Gasteiger partial charge on any atom is 0.167 e. The summed E-state index contributed by atoms with van der Waals surface area (Å²) < 4.78 is 0.970. The van der Waals surface area contributed by atoms with Crippen molar-refractivity contribution in [1.82, 2.24) is 0 Å². The number of halogens is 1. The van der Waals surface area contributed by atoms with Gasteiger partial charge in [0.2, 0.25) is 0 Å². The van der Waals surface area contributed by atoms with Crippen molar-refractivity contribution in [2.24, 2.45) is 0 Å². The van der Waals surface area contributed by atoms with E-state index in [0.29, 0.717) is 16.7 Å². The van der Waals surface area contributed by atoms with Crippen molar-refractivity contribution in [2.75, 3.05) is 0 Å². The van der Waals surface area contributed by atoms with E-state index in [2.05, 4.69) is 46.8 Å². The van der Waals surface area contributed by atoms with Crippen LogP contribution in [0.25, 0.3) is 27.1 Å². The Hall–Kier alpha value is -3.30. The van der Waals surface area contributed by atoms with Gasteiger partial charge in [-0.2, -0.15) is 0 Å². The number of allylic oxidation sites excluding steroid dienone is 3. The van der Waals surface area contributed by atoms with E-state index >= 15 is 0 Å². The molecule has 0 unspecified atom stereocenters. The van der Waals surface area contributed by atoms with Gasteiger partial charge in [0.25, 0.3) is 0 Å². The van der Waals surface area contributed by atoms with Gasteiger partial charge in [0.15, 0.2) is 5.78 Å². The number of carbonyl (C=O) groups is 2. The van der Waals surface area contributed by atoms with Crippen LogP contribution < -0.4 is 0 Å². The number of aldehydes is 1. The van der Waals surface area contributed by atoms with Crippen molar-refractivity contribution in [3.05, 3.63) is 113 Å². The van der Waals surface area contributed by atoms with Gasteiger partial charge in [-0.25, -0.2) is 0 Å². The summed E-state index contributed by atoms with van der Waals surface area (Å²) in [6, 6.07) is 25.6. The zero-order valence-corrected chi connectivity index (χ0v) is 17.9. The van der Waals surface area contributed by atoms with E-state index in [9.17, 15) is 9.59 Å². The van der Waals surface area contributed by atoms with Gasteiger partial charge >= 0.3 is 0 Å². The van der Waals surface area contributed by atoms with Crippen LogP contribution in [-0.4, -0.2) is 12.1 Å². The molecule has 0 amide bonds. The predicted molar refractivity (Wildman–Crippen MR) is 128 cm³/mol. The first-order valence-electron chi connectivity index (χ1n) is 9.60. The molecule has 146 valence electrons. The van der Waals surface area contributed by atoms with Gasteiger partial charge in [-0.3, -0.25) is 9.59 Å². The third kappa shape index (κ3) is 4.17. The molecule has 0 radical (unpaired) electrons. The predicted octanol–water partition coefficient (Wildman–Crippen LogP) is 7.17. The summed E-state index contributed by atoms with van der Waals surface area (Å²) in [7, 11) is 0. The van der Waals surface area contributed by atoms with E-state index in [-0.39, 0.29) is 12.2 Å². The lowest BCUT2D eigenvalue weighted by Gasteiger charge is -2.07. The fourth-order valence-corrected chi connectivity index (χ4v) is 3.83. The van der Waals surface area contributed by atoms with Crippen molar-refractivity contribution < 1.29 is 9.59 Å². The zero-order chi connectivity index (χ0) is 21.1. The van der Waals surface area contributed by atoms with E-state index < -0.39 is 0 Å². The highest BCUT2D eigenvalue weighted by Gasteiger charge is 2.11. The molecule has 0 fully saturated rings. The van der Waals surface area contributed by atoms with E-state index in [4.69, 9.17) is 0 Å². The molecule has 0 aromatic heterocycles. The average Bonchev–Trinajstić information content (AvgIpc) is 2.78. The first kappa shape index (κ1) is 20.0. The van der Waals surface area contributed by atoms with Crippen molar-refractivity contribution >= 4 is 55.1 Å². The van der Waals surface area contributed by atoms with Crippen LogP contribution in [0.1, 0.15) is 22.3 Å². The Morgan fingerprint density at radius 1 is 0.833 bits per heavy atom. The van der Waals surface area contributed by atoms with Crippen LogP contribution in [0.5, 0.6) is 0 Å².